The maximum Gasteiger partial charge on any atom is 0.416 e. The molecule has 0 aliphatic heterocycles. The highest BCUT2D eigenvalue weighted by molar-refractivity contribution is 5.41. The maximum atomic E-state index is 12.7. The van der Waals surface area contributed by atoms with Crippen molar-refractivity contribution < 1.29 is 13.2 Å². The average molecular weight is 307 g/mol. The van der Waals surface area contributed by atoms with Gasteiger partial charge < -0.3 is 0 Å². The van der Waals surface area contributed by atoms with Crippen LogP contribution in [0.1, 0.15) is 22.5 Å². The number of hydrogen-bond donors (Lipinski definition) is 1. The molecule has 0 bridgehead atoms. The van der Waals surface area contributed by atoms with Gasteiger partial charge in [0.1, 0.15) is 0 Å². The van der Waals surface area contributed by atoms with Crippen LogP contribution < -0.4 is 5.56 Å². The van der Waals surface area contributed by atoms with Gasteiger partial charge in [-0.25, -0.2) is 9.50 Å². The average Bonchev–Trinajstić information content (AvgIpc) is 2.80. The van der Waals surface area contributed by atoms with E-state index in [-0.39, 0.29) is 12.0 Å². The van der Waals surface area contributed by atoms with Crippen molar-refractivity contribution in [1.29, 1.82) is 0 Å². The van der Waals surface area contributed by atoms with Crippen molar-refractivity contribution in [2.45, 2.75) is 19.5 Å². The molecule has 2 aromatic heterocycles. The van der Waals surface area contributed by atoms with E-state index in [4.69, 9.17) is 0 Å². The zero-order chi connectivity index (χ0) is 15.9. The number of aromatic nitrogens is 3. The largest absolute Gasteiger partial charge is 0.416 e. The molecule has 0 aliphatic carbocycles. The van der Waals surface area contributed by atoms with E-state index in [1.807, 2.05) is 0 Å². The summed E-state index contributed by atoms with van der Waals surface area (Å²) >= 11 is 0. The molecule has 1 N–H and O–H groups in total. The van der Waals surface area contributed by atoms with E-state index in [1.165, 1.54) is 16.6 Å². The first-order valence-corrected chi connectivity index (χ1v) is 6.57. The summed E-state index contributed by atoms with van der Waals surface area (Å²) in [5.41, 5.74) is 1.23. The molecule has 4 nitrogen and oxygen atoms in total. The molecule has 0 saturated carbocycles. The van der Waals surface area contributed by atoms with Gasteiger partial charge in [-0.05, 0) is 18.6 Å². The Morgan fingerprint density at radius 3 is 2.73 bits per heavy atom. The highest BCUT2D eigenvalue weighted by Gasteiger charge is 2.30. The summed E-state index contributed by atoms with van der Waals surface area (Å²) in [6, 6.07) is 8.17. The second-order valence-electron chi connectivity index (χ2n) is 5.09. The van der Waals surface area contributed by atoms with Crippen LogP contribution >= 0.6 is 0 Å². The van der Waals surface area contributed by atoms with Gasteiger partial charge >= 0.3 is 6.18 Å². The third kappa shape index (κ3) is 2.74. The normalized spacial score (nSPS) is 12.0. The van der Waals surface area contributed by atoms with E-state index >= 15 is 0 Å². The van der Waals surface area contributed by atoms with Crippen molar-refractivity contribution >= 4 is 5.65 Å². The zero-order valence-electron chi connectivity index (χ0n) is 11.6. The lowest BCUT2D eigenvalue weighted by Crippen LogP contribution is -2.14. The first-order valence-electron chi connectivity index (χ1n) is 6.57. The van der Waals surface area contributed by atoms with Crippen LogP contribution in [-0.4, -0.2) is 14.6 Å². The van der Waals surface area contributed by atoms with Gasteiger partial charge in [-0.1, -0.05) is 18.2 Å². The summed E-state index contributed by atoms with van der Waals surface area (Å²) in [5, 5.41) is 2.86. The van der Waals surface area contributed by atoms with Gasteiger partial charge in [-0.2, -0.15) is 13.2 Å². The van der Waals surface area contributed by atoms with Crippen LogP contribution in [0.25, 0.3) is 5.65 Å². The van der Waals surface area contributed by atoms with E-state index < -0.39 is 11.7 Å². The van der Waals surface area contributed by atoms with Gasteiger partial charge in [0.2, 0.25) is 0 Å². The second-order valence-corrected chi connectivity index (χ2v) is 5.09. The Kier molecular flexibility index (Phi) is 3.27. The SMILES string of the molecule is Cc1cc(=O)n2[nH]c(Cc3cccc(C(F)(F)F)c3)cc2n1. The minimum absolute atomic E-state index is 0.252. The third-order valence-corrected chi connectivity index (χ3v) is 3.28. The highest BCUT2D eigenvalue weighted by atomic mass is 19.4. The smallest absolute Gasteiger partial charge is 0.293 e. The van der Waals surface area contributed by atoms with E-state index in [0.717, 1.165) is 12.1 Å². The summed E-state index contributed by atoms with van der Waals surface area (Å²) in [4.78, 5) is 16.0. The molecule has 0 amide bonds. The lowest BCUT2D eigenvalue weighted by molar-refractivity contribution is -0.137. The number of H-pyrrole nitrogens is 1. The second kappa shape index (κ2) is 5.01. The zero-order valence-corrected chi connectivity index (χ0v) is 11.6. The van der Waals surface area contributed by atoms with Crippen molar-refractivity contribution in [2.75, 3.05) is 0 Å². The van der Waals surface area contributed by atoms with Gasteiger partial charge in [0.15, 0.2) is 5.65 Å². The Labute approximate surface area is 123 Å². The number of aryl methyl sites for hydroxylation is 1. The van der Waals surface area contributed by atoms with Gasteiger partial charge in [0.25, 0.3) is 5.56 Å². The molecule has 1 aromatic carbocycles. The van der Waals surface area contributed by atoms with Crippen LogP contribution in [0.3, 0.4) is 0 Å². The maximum absolute atomic E-state index is 12.7. The molecular formula is C15H12F3N3O. The summed E-state index contributed by atoms with van der Waals surface area (Å²) in [7, 11) is 0. The van der Waals surface area contributed by atoms with Gasteiger partial charge in [-0.15, -0.1) is 0 Å². The predicted octanol–water partition coefficient (Wildman–Crippen LogP) is 2.94. The van der Waals surface area contributed by atoms with E-state index in [1.54, 1.807) is 19.1 Å². The topological polar surface area (TPSA) is 50.2 Å². The Morgan fingerprint density at radius 1 is 1.23 bits per heavy atom. The molecule has 0 fully saturated rings. The van der Waals surface area contributed by atoms with Crippen molar-refractivity contribution in [3.05, 3.63) is 69.3 Å². The van der Waals surface area contributed by atoms with Crippen molar-refractivity contribution in [1.82, 2.24) is 14.6 Å². The molecule has 3 rings (SSSR count). The van der Waals surface area contributed by atoms with Crippen LogP contribution in [0.2, 0.25) is 0 Å². The van der Waals surface area contributed by atoms with Crippen LogP contribution in [-0.2, 0) is 12.6 Å². The molecule has 114 valence electrons. The molecule has 7 heteroatoms. The number of hydrogen-bond acceptors (Lipinski definition) is 2. The number of rotatable bonds is 2. The van der Waals surface area contributed by atoms with Crippen molar-refractivity contribution in [3.8, 4) is 0 Å². The molecule has 3 aromatic rings. The van der Waals surface area contributed by atoms with Gasteiger partial charge in [-0.3, -0.25) is 9.89 Å². The first kappa shape index (κ1) is 14.4. The van der Waals surface area contributed by atoms with E-state index in [9.17, 15) is 18.0 Å². The third-order valence-electron chi connectivity index (χ3n) is 3.28. The van der Waals surface area contributed by atoms with Crippen LogP contribution in [0.15, 0.2) is 41.2 Å². The molecule has 0 aliphatic rings. The molecule has 22 heavy (non-hydrogen) atoms. The minimum atomic E-state index is -4.37. The monoisotopic (exact) mass is 307 g/mol. The molecule has 2 heterocycles. The van der Waals surface area contributed by atoms with Crippen molar-refractivity contribution in [2.24, 2.45) is 0 Å². The lowest BCUT2D eigenvalue weighted by Gasteiger charge is -2.08. The quantitative estimate of drug-likeness (QED) is 0.791. The molecular weight excluding hydrogens is 295 g/mol. The van der Waals surface area contributed by atoms with Crippen LogP contribution in [0.4, 0.5) is 13.2 Å². The minimum Gasteiger partial charge on any atom is -0.293 e. The summed E-state index contributed by atoms with van der Waals surface area (Å²) in [6.45, 7) is 1.71. The summed E-state index contributed by atoms with van der Waals surface area (Å²) in [6.07, 6.45) is -4.11. The standard InChI is InChI=1S/C15H12F3N3O/c1-9-5-14(22)21-13(19-9)8-12(20-21)7-10-3-2-4-11(6-10)15(16,17)18/h2-6,8,20H,7H2,1H3. The predicted molar refractivity (Wildman–Crippen MR) is 74.8 cm³/mol. The number of halogens is 3. The fourth-order valence-electron chi connectivity index (χ4n) is 2.33. The van der Waals surface area contributed by atoms with Gasteiger partial charge in [0, 0.05) is 29.9 Å². The van der Waals surface area contributed by atoms with Crippen LogP contribution in [0.5, 0.6) is 0 Å². The van der Waals surface area contributed by atoms with Gasteiger partial charge in [0.05, 0.1) is 5.56 Å². The Balaban J connectivity index is 1.97. The first-order chi connectivity index (χ1) is 10.3. The Hall–Kier alpha value is -2.57. The molecule has 0 unspecified atom stereocenters. The van der Waals surface area contributed by atoms with E-state index in [0.29, 0.717) is 22.6 Å². The van der Waals surface area contributed by atoms with Crippen molar-refractivity contribution in [3.63, 3.8) is 0 Å². The molecule has 0 atom stereocenters. The molecule has 0 saturated heterocycles. The lowest BCUT2D eigenvalue weighted by atomic mass is 10.1. The number of benzene rings is 1. The van der Waals surface area contributed by atoms with Crippen LogP contribution in [0, 0.1) is 6.92 Å². The number of nitrogens with one attached hydrogen (secondary N) is 1. The number of fused-ring (bicyclic) bond motifs is 1. The fraction of sp³-hybridized carbons (Fsp3) is 0.200. The number of nitrogens with zero attached hydrogens (tertiary/aromatic N) is 2. The molecule has 0 spiro atoms. The highest BCUT2D eigenvalue weighted by Crippen LogP contribution is 2.29. The fourth-order valence-corrected chi connectivity index (χ4v) is 2.33. The summed E-state index contributed by atoms with van der Waals surface area (Å²) < 4.78 is 39.4. The number of alkyl halides is 3. The Morgan fingerprint density at radius 2 is 2.00 bits per heavy atom. The van der Waals surface area contributed by atoms with E-state index in [2.05, 4.69) is 10.1 Å². The number of aromatic amines is 1. The Bertz CT molecular complexity index is 893. The summed E-state index contributed by atoms with van der Waals surface area (Å²) in [5.74, 6) is 0. The molecule has 0 radical (unpaired) electrons.